The van der Waals surface area contributed by atoms with Crippen molar-refractivity contribution in [3.63, 3.8) is 0 Å². The van der Waals surface area contributed by atoms with Gasteiger partial charge in [-0.25, -0.2) is 0 Å². The molecule has 0 aliphatic heterocycles. The highest BCUT2D eigenvalue weighted by Gasteiger charge is 2.16. The Morgan fingerprint density at radius 2 is 2.10 bits per heavy atom. The molecule has 1 aliphatic carbocycles. The maximum Gasteiger partial charge on any atom is 0.0613 e. The van der Waals surface area contributed by atoms with Crippen molar-refractivity contribution in [3.8, 4) is 0 Å². The molecule has 0 amide bonds. The van der Waals surface area contributed by atoms with E-state index in [9.17, 15) is 0 Å². The fourth-order valence-corrected chi connectivity index (χ4v) is 2.93. The van der Waals surface area contributed by atoms with Crippen LogP contribution in [-0.2, 0) is 6.42 Å². The Morgan fingerprint density at radius 1 is 1.35 bits per heavy atom. The van der Waals surface area contributed by atoms with Crippen LogP contribution in [-0.4, -0.2) is 5.71 Å². The van der Waals surface area contributed by atoms with Gasteiger partial charge in [-0.2, -0.15) is 0 Å². The number of rotatable bonds is 3. The molecule has 1 aromatic rings. The summed E-state index contributed by atoms with van der Waals surface area (Å²) in [6.07, 6.45) is 5.85. The molecule has 0 N–H and O–H groups in total. The minimum atomic E-state index is 0.701. The van der Waals surface area contributed by atoms with E-state index in [-0.39, 0.29) is 0 Å². The van der Waals surface area contributed by atoms with Gasteiger partial charge in [0, 0.05) is 5.71 Å². The standard InChI is InChI=1S/C19H25N/c1-6-19(13(2)3)20-15(5)16-10-11-18-14(4)8-7-9-17(18)12-16/h6,10-12,14H,2,7-9H2,1,3-5H3/b19-6-,20-15?. The first-order chi connectivity index (χ1) is 9.52. The van der Waals surface area contributed by atoms with E-state index < -0.39 is 0 Å². The van der Waals surface area contributed by atoms with Crippen LogP contribution in [0.4, 0.5) is 0 Å². The monoisotopic (exact) mass is 267 g/mol. The third kappa shape index (κ3) is 3.09. The van der Waals surface area contributed by atoms with E-state index in [2.05, 4.69) is 38.6 Å². The van der Waals surface area contributed by atoms with Crippen LogP contribution in [0.3, 0.4) is 0 Å². The Balaban J connectivity index is 2.34. The lowest BCUT2D eigenvalue weighted by atomic mass is 9.83. The quantitative estimate of drug-likeness (QED) is 0.512. The molecule has 1 heteroatoms. The minimum Gasteiger partial charge on any atom is -0.253 e. The molecule has 0 saturated carbocycles. The first-order valence-electron chi connectivity index (χ1n) is 7.53. The fourth-order valence-electron chi connectivity index (χ4n) is 2.93. The lowest BCUT2D eigenvalue weighted by Gasteiger charge is -2.22. The van der Waals surface area contributed by atoms with Gasteiger partial charge in [0.25, 0.3) is 0 Å². The lowest BCUT2D eigenvalue weighted by molar-refractivity contribution is 0.590. The molecule has 0 aromatic heterocycles. The SMILES string of the molecule is C=C(C)/C(=C/C)N=C(C)c1ccc2c(c1)CCCC2C. The van der Waals surface area contributed by atoms with Crippen molar-refractivity contribution in [2.45, 2.75) is 52.9 Å². The van der Waals surface area contributed by atoms with Gasteiger partial charge in [-0.3, -0.25) is 4.99 Å². The molecular weight excluding hydrogens is 242 g/mol. The van der Waals surface area contributed by atoms with Crippen LogP contribution in [0.1, 0.15) is 63.1 Å². The van der Waals surface area contributed by atoms with Gasteiger partial charge in [-0.15, -0.1) is 0 Å². The summed E-state index contributed by atoms with van der Waals surface area (Å²) in [5.41, 5.74) is 7.33. The van der Waals surface area contributed by atoms with Crippen molar-refractivity contribution in [1.82, 2.24) is 0 Å². The largest absolute Gasteiger partial charge is 0.253 e. The smallest absolute Gasteiger partial charge is 0.0613 e. The van der Waals surface area contributed by atoms with Crippen molar-refractivity contribution in [2.75, 3.05) is 0 Å². The summed E-state index contributed by atoms with van der Waals surface area (Å²) in [5, 5.41) is 0. The van der Waals surface area contributed by atoms with Crippen LogP contribution in [0.2, 0.25) is 0 Å². The van der Waals surface area contributed by atoms with Crippen molar-refractivity contribution in [3.05, 3.63) is 58.8 Å². The van der Waals surface area contributed by atoms with Crippen LogP contribution in [0.15, 0.2) is 47.1 Å². The minimum absolute atomic E-state index is 0.701. The predicted molar refractivity (Wildman–Crippen MR) is 88.6 cm³/mol. The van der Waals surface area contributed by atoms with Gasteiger partial charge in [-0.05, 0) is 74.3 Å². The van der Waals surface area contributed by atoms with E-state index in [0.717, 1.165) is 17.0 Å². The molecule has 0 spiro atoms. The van der Waals surface area contributed by atoms with Crippen molar-refractivity contribution >= 4 is 5.71 Å². The summed E-state index contributed by atoms with van der Waals surface area (Å²) in [7, 11) is 0. The van der Waals surface area contributed by atoms with E-state index in [1.807, 2.05) is 19.9 Å². The van der Waals surface area contributed by atoms with E-state index >= 15 is 0 Å². The maximum absolute atomic E-state index is 4.71. The first-order valence-corrected chi connectivity index (χ1v) is 7.53. The molecule has 0 heterocycles. The maximum atomic E-state index is 4.71. The van der Waals surface area contributed by atoms with Crippen LogP contribution in [0, 0.1) is 0 Å². The van der Waals surface area contributed by atoms with Gasteiger partial charge in [0.1, 0.15) is 0 Å². The second-order valence-corrected chi connectivity index (χ2v) is 5.86. The molecule has 106 valence electrons. The van der Waals surface area contributed by atoms with Crippen LogP contribution >= 0.6 is 0 Å². The summed E-state index contributed by atoms with van der Waals surface area (Å²) in [6.45, 7) is 12.4. The van der Waals surface area contributed by atoms with E-state index in [1.165, 1.54) is 36.0 Å². The number of aryl methyl sites for hydroxylation is 1. The number of allylic oxidation sites excluding steroid dienone is 2. The van der Waals surface area contributed by atoms with Gasteiger partial charge in [0.2, 0.25) is 0 Å². The molecular formula is C19H25N. The van der Waals surface area contributed by atoms with Gasteiger partial charge < -0.3 is 0 Å². The normalized spacial score (nSPS) is 19.7. The predicted octanol–water partition coefficient (Wildman–Crippen LogP) is 5.42. The zero-order valence-electron chi connectivity index (χ0n) is 13.2. The topological polar surface area (TPSA) is 12.4 Å². The van der Waals surface area contributed by atoms with E-state index in [1.54, 1.807) is 0 Å². The van der Waals surface area contributed by atoms with Crippen LogP contribution in [0.5, 0.6) is 0 Å². The fraction of sp³-hybridized carbons (Fsp3) is 0.421. The van der Waals surface area contributed by atoms with Gasteiger partial charge in [0.15, 0.2) is 0 Å². The molecule has 1 aromatic carbocycles. The van der Waals surface area contributed by atoms with E-state index in [0.29, 0.717) is 5.92 Å². The zero-order valence-corrected chi connectivity index (χ0v) is 13.2. The number of benzene rings is 1. The van der Waals surface area contributed by atoms with Crippen LogP contribution in [0.25, 0.3) is 0 Å². The molecule has 1 unspecified atom stereocenters. The number of hydrogen-bond acceptors (Lipinski definition) is 1. The molecule has 0 saturated heterocycles. The van der Waals surface area contributed by atoms with Gasteiger partial charge in [0.05, 0.1) is 5.70 Å². The van der Waals surface area contributed by atoms with Gasteiger partial charge >= 0.3 is 0 Å². The number of fused-ring (bicyclic) bond motifs is 1. The average Bonchev–Trinajstić information content (AvgIpc) is 2.44. The Hall–Kier alpha value is -1.63. The molecule has 1 atom stereocenters. The Bertz CT molecular complexity index is 575. The van der Waals surface area contributed by atoms with Crippen molar-refractivity contribution in [1.29, 1.82) is 0 Å². The highest BCUT2D eigenvalue weighted by atomic mass is 14.8. The highest BCUT2D eigenvalue weighted by Crippen LogP contribution is 2.31. The number of aliphatic imine (C=N–C) groups is 1. The molecule has 20 heavy (non-hydrogen) atoms. The molecule has 1 aliphatic rings. The molecule has 1 nitrogen and oxygen atoms in total. The first kappa shape index (κ1) is 14.8. The molecule has 0 fully saturated rings. The zero-order chi connectivity index (χ0) is 14.7. The summed E-state index contributed by atoms with van der Waals surface area (Å²) in [5.74, 6) is 0.701. The second kappa shape index (κ2) is 6.21. The second-order valence-electron chi connectivity index (χ2n) is 5.86. The van der Waals surface area contributed by atoms with Crippen LogP contribution < -0.4 is 0 Å². The summed E-state index contributed by atoms with van der Waals surface area (Å²) in [6, 6.07) is 6.84. The Kier molecular flexibility index (Phi) is 4.59. The summed E-state index contributed by atoms with van der Waals surface area (Å²) < 4.78 is 0. The highest BCUT2D eigenvalue weighted by molar-refractivity contribution is 5.99. The number of nitrogens with zero attached hydrogens (tertiary/aromatic N) is 1. The lowest BCUT2D eigenvalue weighted by Crippen LogP contribution is -2.08. The average molecular weight is 267 g/mol. The Morgan fingerprint density at radius 3 is 2.75 bits per heavy atom. The number of hydrogen-bond donors (Lipinski definition) is 0. The third-order valence-corrected chi connectivity index (χ3v) is 4.17. The van der Waals surface area contributed by atoms with Crippen molar-refractivity contribution < 1.29 is 0 Å². The third-order valence-electron chi connectivity index (χ3n) is 4.17. The van der Waals surface area contributed by atoms with E-state index in [4.69, 9.17) is 4.99 Å². The Labute approximate surface area is 123 Å². The van der Waals surface area contributed by atoms with Gasteiger partial charge in [-0.1, -0.05) is 31.7 Å². The molecule has 2 rings (SSSR count). The summed E-state index contributed by atoms with van der Waals surface area (Å²) in [4.78, 5) is 4.71. The summed E-state index contributed by atoms with van der Waals surface area (Å²) >= 11 is 0. The molecule has 0 radical (unpaired) electrons. The van der Waals surface area contributed by atoms with Crippen molar-refractivity contribution in [2.24, 2.45) is 4.99 Å². The molecule has 0 bridgehead atoms.